The monoisotopic (exact) mass is 288 g/mol. The van der Waals surface area contributed by atoms with Gasteiger partial charge in [0.2, 0.25) is 0 Å². The molecule has 0 spiro atoms. The number of ether oxygens (including phenoxy) is 1. The Kier molecular flexibility index (Phi) is 4.24. The zero-order valence-corrected chi connectivity index (χ0v) is 13.0. The minimum absolute atomic E-state index is 0.243. The van der Waals surface area contributed by atoms with Crippen LogP contribution in [0.2, 0.25) is 0 Å². The van der Waals surface area contributed by atoms with Crippen molar-refractivity contribution in [2.75, 3.05) is 7.11 Å². The van der Waals surface area contributed by atoms with Gasteiger partial charge in [-0.3, -0.25) is 0 Å². The third-order valence-electron chi connectivity index (χ3n) is 4.02. The molecule has 0 aliphatic heterocycles. The summed E-state index contributed by atoms with van der Waals surface area (Å²) >= 11 is 0. The van der Waals surface area contributed by atoms with Crippen LogP contribution in [-0.2, 0) is 0 Å². The Labute approximate surface area is 132 Å². The van der Waals surface area contributed by atoms with Crippen LogP contribution < -0.4 is 4.74 Å². The van der Waals surface area contributed by atoms with Gasteiger partial charge in [-0.25, -0.2) is 0 Å². The highest BCUT2D eigenvalue weighted by Gasteiger charge is 2.17. The molecule has 3 aromatic rings. The topological polar surface area (TPSA) is 9.23 Å². The van der Waals surface area contributed by atoms with Crippen LogP contribution in [-0.4, -0.2) is 7.11 Å². The summed E-state index contributed by atoms with van der Waals surface area (Å²) in [4.78, 5) is 0. The van der Waals surface area contributed by atoms with Crippen molar-refractivity contribution in [1.29, 1.82) is 0 Å². The molecule has 0 fully saturated rings. The molecule has 1 heteroatoms. The largest absolute Gasteiger partial charge is 0.496 e. The molecule has 22 heavy (non-hydrogen) atoms. The van der Waals surface area contributed by atoms with Crippen molar-refractivity contribution in [3.8, 4) is 5.75 Å². The van der Waals surface area contributed by atoms with E-state index in [9.17, 15) is 0 Å². The Morgan fingerprint density at radius 1 is 0.682 bits per heavy atom. The molecule has 0 N–H and O–H groups in total. The van der Waals surface area contributed by atoms with Crippen molar-refractivity contribution in [1.82, 2.24) is 0 Å². The van der Waals surface area contributed by atoms with Crippen LogP contribution in [0.4, 0.5) is 0 Å². The molecule has 3 rings (SSSR count). The van der Waals surface area contributed by atoms with Gasteiger partial charge >= 0.3 is 0 Å². The van der Waals surface area contributed by atoms with Crippen molar-refractivity contribution in [2.24, 2.45) is 0 Å². The maximum absolute atomic E-state index is 5.39. The van der Waals surface area contributed by atoms with E-state index in [0.29, 0.717) is 0 Å². The third kappa shape index (κ3) is 2.89. The molecule has 1 nitrogen and oxygen atoms in total. The molecule has 0 aromatic heterocycles. The van der Waals surface area contributed by atoms with Crippen molar-refractivity contribution >= 4 is 0 Å². The fourth-order valence-corrected chi connectivity index (χ4v) is 2.95. The number of aryl methyl sites for hydroxylation is 1. The molecule has 0 atom stereocenters. The zero-order valence-electron chi connectivity index (χ0n) is 13.0. The summed E-state index contributed by atoms with van der Waals surface area (Å²) in [6, 6.07) is 27.7. The van der Waals surface area contributed by atoms with Gasteiger partial charge in [-0.15, -0.1) is 0 Å². The molecule has 0 heterocycles. The van der Waals surface area contributed by atoms with E-state index in [1.54, 1.807) is 7.11 Å². The van der Waals surface area contributed by atoms with Crippen LogP contribution in [0.1, 0.15) is 28.2 Å². The van der Waals surface area contributed by atoms with Crippen molar-refractivity contribution in [2.45, 2.75) is 12.8 Å². The summed E-state index contributed by atoms with van der Waals surface area (Å²) in [6.07, 6.45) is 0. The molecular formula is C21H20O. The predicted molar refractivity (Wildman–Crippen MR) is 91.6 cm³/mol. The first-order valence-corrected chi connectivity index (χ1v) is 7.54. The van der Waals surface area contributed by atoms with E-state index in [4.69, 9.17) is 4.74 Å². The van der Waals surface area contributed by atoms with Gasteiger partial charge in [-0.2, -0.15) is 0 Å². The lowest BCUT2D eigenvalue weighted by molar-refractivity contribution is 0.411. The smallest absolute Gasteiger partial charge is 0.121 e. The Morgan fingerprint density at radius 2 is 1.23 bits per heavy atom. The van der Waals surface area contributed by atoms with E-state index in [1.807, 2.05) is 0 Å². The average Bonchev–Trinajstić information content (AvgIpc) is 2.57. The van der Waals surface area contributed by atoms with E-state index >= 15 is 0 Å². The number of methoxy groups -OCH3 is 1. The Hall–Kier alpha value is -2.54. The molecule has 0 radical (unpaired) electrons. The second kappa shape index (κ2) is 6.48. The number of rotatable bonds is 4. The van der Waals surface area contributed by atoms with Gasteiger partial charge in [-0.1, -0.05) is 72.8 Å². The first-order chi connectivity index (χ1) is 10.8. The normalized spacial score (nSPS) is 10.7. The van der Waals surface area contributed by atoms with Gasteiger partial charge in [0, 0.05) is 5.92 Å². The quantitative estimate of drug-likeness (QED) is 0.601. The fraction of sp³-hybridized carbons (Fsp3) is 0.143. The Morgan fingerprint density at radius 3 is 1.68 bits per heavy atom. The summed E-state index contributed by atoms with van der Waals surface area (Å²) in [7, 11) is 1.72. The van der Waals surface area contributed by atoms with Crippen LogP contribution in [0.5, 0.6) is 5.75 Å². The van der Waals surface area contributed by atoms with Gasteiger partial charge in [0.1, 0.15) is 5.75 Å². The summed E-state index contributed by atoms with van der Waals surface area (Å²) in [5, 5.41) is 0. The summed E-state index contributed by atoms with van der Waals surface area (Å²) in [5.74, 6) is 1.18. The van der Waals surface area contributed by atoms with Gasteiger partial charge in [0.15, 0.2) is 0 Å². The minimum atomic E-state index is 0.243. The lowest BCUT2D eigenvalue weighted by Gasteiger charge is -2.20. The standard InChI is InChI=1S/C21H20O/c1-16-15-19(13-14-20(16)22-2)21(17-9-5-3-6-10-17)18-11-7-4-8-12-18/h3-15,21H,1-2H3. The maximum Gasteiger partial charge on any atom is 0.121 e. The van der Waals surface area contributed by atoms with Gasteiger partial charge in [-0.05, 0) is 35.2 Å². The van der Waals surface area contributed by atoms with Crippen molar-refractivity contribution in [3.63, 3.8) is 0 Å². The highest BCUT2D eigenvalue weighted by Crippen LogP contribution is 2.33. The first kappa shape index (κ1) is 14.4. The molecule has 0 saturated heterocycles. The molecule has 0 bridgehead atoms. The van der Waals surface area contributed by atoms with E-state index < -0.39 is 0 Å². The number of hydrogen-bond acceptors (Lipinski definition) is 1. The van der Waals surface area contributed by atoms with E-state index in [1.165, 1.54) is 16.7 Å². The summed E-state index contributed by atoms with van der Waals surface area (Å²) in [5.41, 5.74) is 5.06. The van der Waals surface area contributed by atoms with Crippen LogP contribution in [0.25, 0.3) is 0 Å². The second-order valence-electron chi connectivity index (χ2n) is 5.48. The maximum atomic E-state index is 5.39. The lowest BCUT2D eigenvalue weighted by atomic mass is 9.84. The highest BCUT2D eigenvalue weighted by atomic mass is 16.5. The number of benzene rings is 3. The molecule has 0 saturated carbocycles. The van der Waals surface area contributed by atoms with E-state index in [0.717, 1.165) is 11.3 Å². The molecule has 0 aliphatic carbocycles. The van der Waals surface area contributed by atoms with E-state index in [2.05, 4.69) is 85.8 Å². The van der Waals surface area contributed by atoms with Gasteiger partial charge < -0.3 is 4.74 Å². The van der Waals surface area contributed by atoms with Crippen molar-refractivity contribution < 1.29 is 4.74 Å². The average molecular weight is 288 g/mol. The Bertz CT molecular complexity index is 693. The SMILES string of the molecule is COc1ccc(C(c2ccccc2)c2ccccc2)cc1C. The lowest BCUT2D eigenvalue weighted by Crippen LogP contribution is -2.04. The zero-order chi connectivity index (χ0) is 15.4. The van der Waals surface area contributed by atoms with Crippen LogP contribution >= 0.6 is 0 Å². The summed E-state index contributed by atoms with van der Waals surface area (Å²) in [6.45, 7) is 2.09. The van der Waals surface area contributed by atoms with Crippen LogP contribution in [0.3, 0.4) is 0 Å². The van der Waals surface area contributed by atoms with Crippen molar-refractivity contribution in [3.05, 3.63) is 101 Å². The highest BCUT2D eigenvalue weighted by molar-refractivity contribution is 5.46. The number of hydrogen-bond donors (Lipinski definition) is 0. The molecule has 3 aromatic carbocycles. The fourth-order valence-electron chi connectivity index (χ4n) is 2.95. The predicted octanol–water partition coefficient (Wildman–Crippen LogP) is 5.18. The molecule has 110 valence electrons. The van der Waals surface area contributed by atoms with Gasteiger partial charge in [0.05, 0.1) is 7.11 Å². The van der Waals surface area contributed by atoms with Crippen LogP contribution in [0.15, 0.2) is 78.9 Å². The van der Waals surface area contributed by atoms with Gasteiger partial charge in [0.25, 0.3) is 0 Å². The Balaban J connectivity index is 2.12. The molecule has 0 amide bonds. The summed E-state index contributed by atoms with van der Waals surface area (Å²) < 4.78 is 5.39. The first-order valence-electron chi connectivity index (χ1n) is 7.54. The third-order valence-corrected chi connectivity index (χ3v) is 4.02. The molecular weight excluding hydrogens is 268 g/mol. The van der Waals surface area contributed by atoms with Crippen LogP contribution in [0, 0.1) is 6.92 Å². The second-order valence-corrected chi connectivity index (χ2v) is 5.48. The van der Waals surface area contributed by atoms with E-state index in [-0.39, 0.29) is 5.92 Å². The molecule has 0 unspecified atom stereocenters. The minimum Gasteiger partial charge on any atom is -0.496 e. The molecule has 0 aliphatic rings.